The van der Waals surface area contributed by atoms with Crippen LogP contribution >= 0.6 is 0 Å². The minimum absolute atomic E-state index is 0.212. The van der Waals surface area contributed by atoms with Crippen LogP contribution in [0.25, 0.3) is 11.2 Å². The summed E-state index contributed by atoms with van der Waals surface area (Å²) in [6.07, 6.45) is -1.37. The van der Waals surface area contributed by atoms with Gasteiger partial charge in [0, 0.05) is 0 Å². The number of rotatable bonds is 2. The first-order chi connectivity index (χ1) is 9.84. The van der Waals surface area contributed by atoms with Gasteiger partial charge in [0.25, 0.3) is 0 Å². The molecule has 0 spiro atoms. The van der Waals surface area contributed by atoms with E-state index in [-0.39, 0.29) is 5.82 Å². The average Bonchev–Trinajstić information content (AvgIpc) is 2.92. The van der Waals surface area contributed by atoms with Gasteiger partial charge in [-0.05, 0) is 13.8 Å². The van der Waals surface area contributed by atoms with Crippen molar-refractivity contribution in [1.29, 1.82) is 0 Å². The molecule has 0 radical (unpaired) electrons. The van der Waals surface area contributed by atoms with Gasteiger partial charge in [-0.3, -0.25) is 4.57 Å². The Morgan fingerprint density at radius 1 is 1.43 bits per heavy atom. The van der Waals surface area contributed by atoms with Crippen LogP contribution in [0.2, 0.25) is 0 Å². The SMILES string of the molecule is C[C@H](O)C1O[C@@H](n2cnc3c(N)ncnc32)[C@](C)(O)C1O. The Bertz CT molecular complexity index is 671. The van der Waals surface area contributed by atoms with Crippen molar-refractivity contribution >= 4 is 17.0 Å². The molecule has 2 aromatic heterocycles. The lowest BCUT2D eigenvalue weighted by Crippen LogP contribution is -2.45. The predicted octanol–water partition coefficient (Wildman–Crippen LogP) is -1.20. The van der Waals surface area contributed by atoms with Crippen LogP contribution in [-0.4, -0.2) is 58.8 Å². The zero-order valence-corrected chi connectivity index (χ0v) is 11.6. The molecule has 5 N–H and O–H groups in total. The second-order valence-corrected chi connectivity index (χ2v) is 5.45. The van der Waals surface area contributed by atoms with Gasteiger partial charge in [0.1, 0.15) is 29.7 Å². The van der Waals surface area contributed by atoms with Crippen LogP contribution in [-0.2, 0) is 4.74 Å². The Morgan fingerprint density at radius 3 is 2.76 bits per heavy atom. The molecule has 1 fully saturated rings. The Balaban J connectivity index is 2.08. The third kappa shape index (κ3) is 1.97. The Hall–Kier alpha value is -1.81. The highest BCUT2D eigenvalue weighted by molar-refractivity contribution is 5.81. The molecule has 3 rings (SSSR count). The topological polar surface area (TPSA) is 140 Å². The first kappa shape index (κ1) is 14.1. The molecule has 0 saturated carbocycles. The van der Waals surface area contributed by atoms with E-state index in [1.807, 2.05) is 0 Å². The number of ether oxygens (including phenoxy) is 1. The second kappa shape index (κ2) is 4.60. The fourth-order valence-corrected chi connectivity index (χ4v) is 2.61. The first-order valence-electron chi connectivity index (χ1n) is 6.51. The van der Waals surface area contributed by atoms with Crippen molar-refractivity contribution in [2.24, 2.45) is 0 Å². The van der Waals surface area contributed by atoms with Crippen molar-refractivity contribution < 1.29 is 20.1 Å². The Labute approximate surface area is 120 Å². The zero-order chi connectivity index (χ0) is 15.4. The number of hydrogen-bond acceptors (Lipinski definition) is 8. The van der Waals surface area contributed by atoms with E-state index < -0.39 is 30.1 Å². The number of nitrogens with zero attached hydrogens (tertiary/aromatic N) is 4. The van der Waals surface area contributed by atoms with Gasteiger partial charge in [-0.1, -0.05) is 0 Å². The number of fused-ring (bicyclic) bond motifs is 1. The van der Waals surface area contributed by atoms with E-state index in [0.29, 0.717) is 11.2 Å². The fraction of sp³-hybridized carbons (Fsp3) is 0.583. The summed E-state index contributed by atoms with van der Waals surface area (Å²) in [5, 5.41) is 30.4. The van der Waals surface area contributed by atoms with E-state index in [1.165, 1.54) is 31.1 Å². The molecule has 0 aliphatic carbocycles. The average molecular weight is 295 g/mol. The van der Waals surface area contributed by atoms with Gasteiger partial charge < -0.3 is 25.8 Å². The molecular weight excluding hydrogens is 278 g/mol. The molecule has 0 bridgehead atoms. The smallest absolute Gasteiger partial charge is 0.168 e. The van der Waals surface area contributed by atoms with Crippen LogP contribution in [0.4, 0.5) is 5.82 Å². The van der Waals surface area contributed by atoms with E-state index in [0.717, 1.165) is 0 Å². The molecule has 2 unspecified atom stereocenters. The lowest BCUT2D eigenvalue weighted by molar-refractivity contribution is -0.0987. The van der Waals surface area contributed by atoms with Crippen molar-refractivity contribution in [2.45, 2.75) is 44.0 Å². The van der Waals surface area contributed by atoms with Crippen molar-refractivity contribution in [2.75, 3.05) is 5.73 Å². The highest BCUT2D eigenvalue weighted by Crippen LogP contribution is 2.40. The monoisotopic (exact) mass is 295 g/mol. The van der Waals surface area contributed by atoms with Crippen molar-refractivity contribution in [1.82, 2.24) is 19.5 Å². The Morgan fingerprint density at radius 2 is 2.14 bits per heavy atom. The molecule has 114 valence electrons. The van der Waals surface area contributed by atoms with Crippen molar-refractivity contribution in [3.05, 3.63) is 12.7 Å². The van der Waals surface area contributed by atoms with E-state index in [1.54, 1.807) is 0 Å². The van der Waals surface area contributed by atoms with Gasteiger partial charge in [-0.15, -0.1) is 0 Å². The minimum atomic E-state index is -1.62. The molecule has 9 nitrogen and oxygen atoms in total. The molecule has 3 heterocycles. The third-order valence-electron chi connectivity index (χ3n) is 3.81. The molecule has 9 heteroatoms. The number of aliphatic hydroxyl groups excluding tert-OH is 2. The second-order valence-electron chi connectivity index (χ2n) is 5.45. The number of hydrogen-bond donors (Lipinski definition) is 4. The summed E-state index contributed by atoms with van der Waals surface area (Å²) in [5.74, 6) is 0.212. The third-order valence-corrected chi connectivity index (χ3v) is 3.81. The summed E-state index contributed by atoms with van der Waals surface area (Å²) >= 11 is 0. The number of aromatic nitrogens is 4. The molecule has 0 aromatic carbocycles. The summed E-state index contributed by atoms with van der Waals surface area (Å²) in [6, 6.07) is 0. The van der Waals surface area contributed by atoms with E-state index in [2.05, 4.69) is 15.0 Å². The van der Waals surface area contributed by atoms with E-state index in [4.69, 9.17) is 10.5 Å². The van der Waals surface area contributed by atoms with Crippen LogP contribution in [0, 0.1) is 0 Å². The predicted molar refractivity (Wildman–Crippen MR) is 72.0 cm³/mol. The molecular formula is C12H17N5O4. The van der Waals surface area contributed by atoms with Crippen LogP contribution < -0.4 is 5.73 Å². The lowest BCUT2D eigenvalue weighted by atomic mass is 9.94. The Kier molecular flexibility index (Phi) is 3.10. The summed E-state index contributed by atoms with van der Waals surface area (Å²) < 4.78 is 7.09. The van der Waals surface area contributed by atoms with Crippen LogP contribution in [0.3, 0.4) is 0 Å². The molecule has 5 atom stereocenters. The van der Waals surface area contributed by atoms with E-state index >= 15 is 0 Å². The summed E-state index contributed by atoms with van der Waals surface area (Å²) in [5.41, 5.74) is 4.87. The quantitative estimate of drug-likeness (QED) is 0.541. The maximum Gasteiger partial charge on any atom is 0.168 e. The van der Waals surface area contributed by atoms with Gasteiger partial charge in [-0.25, -0.2) is 15.0 Å². The van der Waals surface area contributed by atoms with Gasteiger partial charge in [0.05, 0.1) is 12.4 Å². The van der Waals surface area contributed by atoms with Crippen LogP contribution in [0.1, 0.15) is 20.1 Å². The molecule has 0 amide bonds. The highest BCUT2D eigenvalue weighted by Gasteiger charge is 2.54. The summed E-state index contributed by atoms with van der Waals surface area (Å²) in [7, 11) is 0. The molecule has 1 saturated heterocycles. The van der Waals surface area contributed by atoms with Gasteiger partial charge in [0.2, 0.25) is 0 Å². The van der Waals surface area contributed by atoms with Crippen LogP contribution in [0.5, 0.6) is 0 Å². The number of nitrogen functional groups attached to an aromatic ring is 1. The maximum atomic E-state index is 10.5. The van der Waals surface area contributed by atoms with Crippen LogP contribution in [0.15, 0.2) is 12.7 Å². The number of aliphatic hydroxyl groups is 3. The van der Waals surface area contributed by atoms with Gasteiger partial charge in [-0.2, -0.15) is 0 Å². The first-order valence-corrected chi connectivity index (χ1v) is 6.51. The molecule has 2 aromatic rings. The molecule has 1 aliphatic rings. The standard InChI is InChI=1S/C12H17N5O4/c1-5(18)7-8(19)12(2,20)11(21-7)17-4-16-6-9(13)14-3-15-10(6)17/h3-5,7-8,11,18-20H,1-2H3,(H2,13,14,15)/t5-,7?,8?,11+,12+/m0/s1. The summed E-state index contributed by atoms with van der Waals surface area (Å²) in [4.78, 5) is 12.0. The lowest BCUT2D eigenvalue weighted by Gasteiger charge is -2.27. The normalized spacial score (nSPS) is 34.4. The van der Waals surface area contributed by atoms with Crippen molar-refractivity contribution in [3.8, 4) is 0 Å². The van der Waals surface area contributed by atoms with Gasteiger partial charge >= 0.3 is 0 Å². The highest BCUT2D eigenvalue weighted by atomic mass is 16.6. The minimum Gasteiger partial charge on any atom is -0.391 e. The summed E-state index contributed by atoms with van der Waals surface area (Å²) in [6.45, 7) is 2.92. The molecule has 21 heavy (non-hydrogen) atoms. The number of anilines is 1. The fourth-order valence-electron chi connectivity index (χ4n) is 2.61. The number of nitrogens with two attached hydrogens (primary N) is 1. The largest absolute Gasteiger partial charge is 0.391 e. The van der Waals surface area contributed by atoms with Gasteiger partial charge in [0.15, 0.2) is 17.7 Å². The molecule has 1 aliphatic heterocycles. The zero-order valence-electron chi connectivity index (χ0n) is 11.6. The number of imidazole rings is 1. The van der Waals surface area contributed by atoms with Crippen molar-refractivity contribution in [3.63, 3.8) is 0 Å². The maximum absolute atomic E-state index is 10.5. The van der Waals surface area contributed by atoms with E-state index in [9.17, 15) is 15.3 Å².